The summed E-state index contributed by atoms with van der Waals surface area (Å²) in [6.45, 7) is 9.06. The minimum atomic E-state index is -3.80. The molecule has 174 valence electrons. The van der Waals surface area contributed by atoms with Crippen LogP contribution in [0.4, 0.5) is 0 Å². The number of rotatable bonds is 3. The molecule has 0 spiro atoms. The summed E-state index contributed by atoms with van der Waals surface area (Å²) in [5.74, 6) is 0.243. The molecule has 0 N–H and O–H groups in total. The Kier molecular flexibility index (Phi) is 5.08. The van der Waals surface area contributed by atoms with Gasteiger partial charge < -0.3 is 9.47 Å². The Morgan fingerprint density at radius 1 is 1.03 bits per heavy atom. The van der Waals surface area contributed by atoms with E-state index in [-0.39, 0.29) is 34.0 Å². The summed E-state index contributed by atoms with van der Waals surface area (Å²) in [4.78, 5) is 11.5. The van der Waals surface area contributed by atoms with Crippen molar-refractivity contribution in [2.24, 2.45) is 34.0 Å². The van der Waals surface area contributed by atoms with E-state index in [0.29, 0.717) is 11.7 Å². The molecule has 1 aliphatic heterocycles. The van der Waals surface area contributed by atoms with Crippen LogP contribution in [0.3, 0.4) is 0 Å². The van der Waals surface area contributed by atoms with Gasteiger partial charge in [0.05, 0.1) is 24.9 Å². The van der Waals surface area contributed by atoms with Gasteiger partial charge in [-0.2, -0.15) is 0 Å². The average Bonchev–Trinajstić information content (AvgIpc) is 2.67. The van der Waals surface area contributed by atoms with Gasteiger partial charge in [0.25, 0.3) is 0 Å². The third-order valence-corrected chi connectivity index (χ3v) is 11.5. The van der Waals surface area contributed by atoms with E-state index in [1.165, 1.54) is 14.2 Å². The van der Waals surface area contributed by atoms with Crippen LogP contribution in [0.15, 0.2) is 23.3 Å². The van der Waals surface area contributed by atoms with Crippen molar-refractivity contribution in [1.29, 1.82) is 0 Å². The first-order chi connectivity index (χ1) is 14.3. The first kappa shape index (κ1) is 22.6. The molecule has 0 amide bonds. The number of ether oxygens (including phenoxy) is 2. The van der Waals surface area contributed by atoms with Crippen LogP contribution in [0.2, 0.25) is 0 Å². The molecule has 31 heavy (non-hydrogen) atoms. The Labute approximate surface area is 185 Å². The lowest BCUT2D eigenvalue weighted by Crippen LogP contribution is -2.65. The molecule has 6 atom stereocenters. The third-order valence-electron chi connectivity index (χ3n) is 9.39. The molecule has 0 aromatic heterocycles. The first-order valence-corrected chi connectivity index (χ1v) is 12.9. The predicted octanol–water partition coefficient (Wildman–Crippen LogP) is 4.33. The van der Waals surface area contributed by atoms with Gasteiger partial charge in [0.15, 0.2) is 20.8 Å². The standard InChI is InChI=1S/C23H35NO6S/c1-21(2)9-7-10-22(3)16(21)8-11-23(4)17(22)13-31(27,28)20-18(23)14(29-5)12-15(30-6)19(20)24(25)26/h12,16-18,20H,7-11,13H2,1-6H3/t16-,17+,18?,20?,22-,23+/m0/s1. The van der Waals surface area contributed by atoms with Gasteiger partial charge in [-0.1, -0.05) is 34.1 Å². The predicted molar refractivity (Wildman–Crippen MR) is 117 cm³/mol. The number of nitro groups is 1. The topological polar surface area (TPSA) is 95.7 Å². The number of hydrogen-bond donors (Lipinski definition) is 0. The van der Waals surface area contributed by atoms with Crippen LogP contribution in [0, 0.1) is 44.1 Å². The van der Waals surface area contributed by atoms with Gasteiger partial charge in [0.1, 0.15) is 5.76 Å². The molecule has 1 heterocycles. The smallest absolute Gasteiger partial charge is 0.306 e. The van der Waals surface area contributed by atoms with Crippen molar-refractivity contribution in [1.82, 2.24) is 0 Å². The van der Waals surface area contributed by atoms with Crippen LogP contribution in [0.5, 0.6) is 0 Å². The van der Waals surface area contributed by atoms with Crippen LogP contribution in [0.1, 0.15) is 59.8 Å². The molecule has 4 aliphatic rings. The normalized spacial score (nSPS) is 43.1. The zero-order valence-corrected chi connectivity index (χ0v) is 20.3. The summed E-state index contributed by atoms with van der Waals surface area (Å²) in [6, 6.07) is 0. The molecule has 7 nitrogen and oxygen atoms in total. The molecule has 0 bridgehead atoms. The van der Waals surface area contributed by atoms with Gasteiger partial charge in [-0.15, -0.1) is 0 Å². The highest BCUT2D eigenvalue weighted by molar-refractivity contribution is 7.92. The molecule has 2 saturated carbocycles. The molecule has 0 aromatic rings. The van der Waals surface area contributed by atoms with E-state index in [9.17, 15) is 18.5 Å². The molecule has 1 saturated heterocycles. The van der Waals surface area contributed by atoms with Gasteiger partial charge in [0, 0.05) is 12.0 Å². The Hall–Kier alpha value is -1.57. The van der Waals surface area contributed by atoms with Crippen molar-refractivity contribution in [3.63, 3.8) is 0 Å². The van der Waals surface area contributed by atoms with E-state index in [0.717, 1.165) is 32.1 Å². The highest BCUT2D eigenvalue weighted by atomic mass is 32.2. The summed E-state index contributed by atoms with van der Waals surface area (Å²) in [7, 11) is -0.948. The fourth-order valence-electron chi connectivity index (χ4n) is 8.11. The second-order valence-corrected chi connectivity index (χ2v) is 13.4. The van der Waals surface area contributed by atoms with Crippen molar-refractivity contribution in [2.75, 3.05) is 20.0 Å². The lowest BCUT2D eigenvalue weighted by molar-refractivity contribution is -0.432. The molecule has 3 aliphatic carbocycles. The molecule has 8 heteroatoms. The van der Waals surface area contributed by atoms with E-state index < -0.39 is 31.3 Å². The van der Waals surface area contributed by atoms with Crippen molar-refractivity contribution in [3.05, 3.63) is 33.4 Å². The molecule has 0 aromatic carbocycles. The SMILES string of the molecule is COC1=CC(OC)=C([N+](=O)[O-])C2C1[C@]1(C)CC[C@H]3C(C)(C)CCC[C@]3(C)[C@H]1CS2(=O)=O. The van der Waals surface area contributed by atoms with Crippen LogP contribution >= 0.6 is 0 Å². The highest BCUT2D eigenvalue weighted by Gasteiger charge is 2.69. The van der Waals surface area contributed by atoms with E-state index in [4.69, 9.17) is 9.47 Å². The second-order valence-electron chi connectivity index (χ2n) is 11.2. The second kappa shape index (κ2) is 6.96. The number of sulfone groups is 1. The van der Waals surface area contributed by atoms with E-state index in [2.05, 4.69) is 27.7 Å². The van der Waals surface area contributed by atoms with Crippen LogP contribution in [-0.2, 0) is 19.3 Å². The van der Waals surface area contributed by atoms with Gasteiger partial charge in [-0.25, -0.2) is 8.42 Å². The highest BCUT2D eigenvalue weighted by Crippen LogP contribution is 2.69. The summed E-state index contributed by atoms with van der Waals surface area (Å²) >= 11 is 0. The zero-order valence-electron chi connectivity index (χ0n) is 19.4. The maximum atomic E-state index is 13.8. The number of fused-ring (bicyclic) bond motifs is 5. The Morgan fingerprint density at radius 3 is 2.29 bits per heavy atom. The Bertz CT molecular complexity index is 967. The zero-order chi connectivity index (χ0) is 23.0. The van der Waals surface area contributed by atoms with Crippen LogP contribution in [-0.4, -0.2) is 38.6 Å². The Morgan fingerprint density at radius 2 is 1.71 bits per heavy atom. The van der Waals surface area contributed by atoms with Crippen LogP contribution < -0.4 is 0 Å². The van der Waals surface area contributed by atoms with Gasteiger partial charge >= 0.3 is 5.70 Å². The van der Waals surface area contributed by atoms with E-state index in [1.54, 1.807) is 6.08 Å². The lowest BCUT2D eigenvalue weighted by atomic mass is 9.41. The summed E-state index contributed by atoms with van der Waals surface area (Å²) in [6.07, 6.45) is 6.63. The molecule has 0 radical (unpaired) electrons. The maximum absolute atomic E-state index is 13.8. The summed E-state index contributed by atoms with van der Waals surface area (Å²) in [5.41, 5.74) is -0.705. The maximum Gasteiger partial charge on any atom is 0.306 e. The lowest BCUT2D eigenvalue weighted by Gasteiger charge is -2.66. The monoisotopic (exact) mass is 453 g/mol. The van der Waals surface area contributed by atoms with Gasteiger partial charge in [0.2, 0.25) is 0 Å². The Balaban J connectivity index is 1.92. The van der Waals surface area contributed by atoms with Gasteiger partial charge in [-0.05, 0) is 53.8 Å². The van der Waals surface area contributed by atoms with Crippen molar-refractivity contribution in [2.45, 2.75) is 65.0 Å². The van der Waals surface area contributed by atoms with E-state index >= 15 is 0 Å². The quantitative estimate of drug-likeness (QED) is 0.466. The van der Waals surface area contributed by atoms with Crippen molar-refractivity contribution < 1.29 is 22.8 Å². The van der Waals surface area contributed by atoms with Crippen LogP contribution in [0.25, 0.3) is 0 Å². The number of hydrogen-bond acceptors (Lipinski definition) is 6. The number of nitrogens with zero attached hydrogens (tertiary/aromatic N) is 1. The minimum absolute atomic E-state index is 0.0148. The fourth-order valence-corrected chi connectivity index (χ4v) is 10.9. The van der Waals surface area contributed by atoms with Gasteiger partial charge in [-0.3, -0.25) is 10.1 Å². The average molecular weight is 454 g/mol. The molecular weight excluding hydrogens is 418 g/mol. The first-order valence-electron chi connectivity index (χ1n) is 11.2. The molecule has 3 fully saturated rings. The van der Waals surface area contributed by atoms with Crippen molar-refractivity contribution in [3.8, 4) is 0 Å². The largest absolute Gasteiger partial charge is 0.501 e. The van der Waals surface area contributed by atoms with Crippen molar-refractivity contribution >= 4 is 9.84 Å². The summed E-state index contributed by atoms with van der Waals surface area (Å²) < 4.78 is 38.5. The number of methoxy groups -OCH3 is 2. The molecule has 4 rings (SSSR count). The third kappa shape index (κ3) is 3.00. The molecule has 2 unspecified atom stereocenters. The fraction of sp³-hybridized carbons (Fsp3) is 0.826. The summed E-state index contributed by atoms with van der Waals surface area (Å²) in [5, 5.41) is 10.8. The van der Waals surface area contributed by atoms with E-state index in [1.807, 2.05) is 0 Å². The molecular formula is C23H35NO6S. The number of allylic oxidation sites excluding steroid dienone is 2. The minimum Gasteiger partial charge on any atom is -0.501 e.